The highest BCUT2D eigenvalue weighted by Gasteiger charge is 2.28. The summed E-state index contributed by atoms with van der Waals surface area (Å²) in [6.45, 7) is 0.633. The molecule has 1 aliphatic carbocycles. The number of rotatable bonds is 4. The summed E-state index contributed by atoms with van der Waals surface area (Å²) < 4.78 is 4.17. The van der Waals surface area contributed by atoms with Crippen LogP contribution in [0, 0.1) is 0 Å². The first kappa shape index (κ1) is 14.4. The van der Waals surface area contributed by atoms with Crippen molar-refractivity contribution in [3.05, 3.63) is 43.2 Å². The van der Waals surface area contributed by atoms with E-state index in [1.54, 1.807) is 16.2 Å². The Morgan fingerprint density at radius 3 is 2.80 bits per heavy atom. The van der Waals surface area contributed by atoms with Crippen LogP contribution in [-0.2, 0) is 6.54 Å². The van der Waals surface area contributed by atoms with Crippen molar-refractivity contribution in [3.63, 3.8) is 0 Å². The first-order valence-corrected chi connectivity index (χ1v) is 8.87. The second kappa shape index (κ2) is 5.66. The highest BCUT2D eigenvalue weighted by Crippen LogP contribution is 2.37. The molecule has 0 bridgehead atoms. The summed E-state index contributed by atoms with van der Waals surface area (Å²) in [6, 6.07) is 4.48. The summed E-state index contributed by atoms with van der Waals surface area (Å²) in [5.41, 5.74) is 1.93. The average molecular weight is 418 g/mol. The Morgan fingerprint density at radius 1 is 1.45 bits per heavy atom. The molecule has 20 heavy (non-hydrogen) atoms. The topological polar surface area (TPSA) is 25.2 Å². The molecule has 3 rings (SSSR count). The van der Waals surface area contributed by atoms with E-state index in [1.165, 1.54) is 12.8 Å². The molecule has 3 nitrogen and oxygen atoms in total. The van der Waals surface area contributed by atoms with E-state index in [-0.39, 0.29) is 5.91 Å². The fourth-order valence-corrected chi connectivity index (χ4v) is 3.88. The van der Waals surface area contributed by atoms with Gasteiger partial charge in [0, 0.05) is 30.3 Å². The van der Waals surface area contributed by atoms with Gasteiger partial charge in [-0.2, -0.15) is 0 Å². The molecule has 1 saturated carbocycles. The van der Waals surface area contributed by atoms with E-state index in [1.807, 2.05) is 19.3 Å². The minimum absolute atomic E-state index is 0.0740. The van der Waals surface area contributed by atoms with E-state index in [0.717, 1.165) is 19.5 Å². The lowest BCUT2D eigenvalue weighted by Gasteiger charge is -2.17. The third kappa shape index (κ3) is 3.02. The maximum atomic E-state index is 12.6. The van der Waals surface area contributed by atoms with Crippen LogP contribution in [0.25, 0.3) is 0 Å². The molecule has 2 aromatic heterocycles. The number of nitrogens with zero attached hydrogens (tertiary/aromatic N) is 2. The van der Waals surface area contributed by atoms with Crippen LogP contribution in [0.5, 0.6) is 0 Å². The first-order chi connectivity index (χ1) is 9.54. The SMILES string of the molecule is CN(Cc1csc(Br)c1)C(=O)c1cc(Br)cn1C1CC1. The van der Waals surface area contributed by atoms with Crippen LogP contribution in [0.15, 0.2) is 32.0 Å². The quantitative estimate of drug-likeness (QED) is 0.708. The zero-order valence-corrected chi connectivity index (χ0v) is 15.0. The van der Waals surface area contributed by atoms with Crippen LogP contribution >= 0.6 is 43.2 Å². The van der Waals surface area contributed by atoms with Gasteiger partial charge in [-0.15, -0.1) is 11.3 Å². The maximum absolute atomic E-state index is 12.6. The fourth-order valence-electron chi connectivity index (χ4n) is 2.24. The summed E-state index contributed by atoms with van der Waals surface area (Å²) in [4.78, 5) is 14.4. The van der Waals surface area contributed by atoms with Crippen molar-refractivity contribution in [2.75, 3.05) is 7.05 Å². The normalized spacial score (nSPS) is 14.6. The second-order valence-electron chi connectivity index (χ2n) is 5.10. The molecule has 6 heteroatoms. The van der Waals surface area contributed by atoms with Crippen molar-refractivity contribution in [1.29, 1.82) is 0 Å². The van der Waals surface area contributed by atoms with E-state index in [2.05, 4.69) is 47.9 Å². The molecule has 0 radical (unpaired) electrons. The predicted octanol–water partition coefficient (Wildman–Crippen LogP) is 4.68. The standard InChI is InChI=1S/C14H14Br2N2OS/c1-17(6-9-4-13(16)20-8-9)14(19)12-5-10(15)7-18(12)11-2-3-11/h4-5,7-8,11H,2-3,6H2,1H3. The molecule has 0 N–H and O–H groups in total. The Kier molecular flexibility index (Phi) is 4.06. The molecule has 0 saturated heterocycles. The molecule has 1 amide bonds. The Morgan fingerprint density at radius 2 is 2.20 bits per heavy atom. The van der Waals surface area contributed by atoms with Crippen LogP contribution in [-0.4, -0.2) is 22.4 Å². The molecule has 2 aromatic rings. The van der Waals surface area contributed by atoms with Gasteiger partial charge in [-0.3, -0.25) is 4.79 Å². The summed E-state index contributed by atoms with van der Waals surface area (Å²) in [5, 5.41) is 2.07. The third-order valence-corrected chi connectivity index (χ3v) is 5.35. The molecule has 0 unspecified atom stereocenters. The van der Waals surface area contributed by atoms with Crippen LogP contribution in [0.2, 0.25) is 0 Å². The molecule has 1 fully saturated rings. The average Bonchev–Trinajstić information content (AvgIpc) is 3.07. The minimum atomic E-state index is 0.0740. The molecule has 0 atom stereocenters. The van der Waals surface area contributed by atoms with Crippen molar-refractivity contribution in [2.24, 2.45) is 0 Å². The van der Waals surface area contributed by atoms with Gasteiger partial charge in [0.1, 0.15) is 5.69 Å². The van der Waals surface area contributed by atoms with E-state index in [9.17, 15) is 4.79 Å². The van der Waals surface area contributed by atoms with Gasteiger partial charge in [0.2, 0.25) is 0 Å². The Hall–Kier alpha value is -0.590. The number of carbonyl (C=O) groups excluding carboxylic acids is 1. The number of halogens is 2. The van der Waals surface area contributed by atoms with Crippen molar-refractivity contribution in [3.8, 4) is 0 Å². The van der Waals surface area contributed by atoms with Gasteiger partial charge in [-0.05, 0) is 67.8 Å². The van der Waals surface area contributed by atoms with Gasteiger partial charge >= 0.3 is 0 Å². The largest absolute Gasteiger partial charge is 0.339 e. The fraction of sp³-hybridized carbons (Fsp3) is 0.357. The summed E-state index contributed by atoms with van der Waals surface area (Å²) in [5.74, 6) is 0.0740. The van der Waals surface area contributed by atoms with E-state index in [0.29, 0.717) is 12.6 Å². The number of hydrogen-bond acceptors (Lipinski definition) is 2. The highest BCUT2D eigenvalue weighted by atomic mass is 79.9. The number of amides is 1. The molecule has 0 spiro atoms. The molecular weight excluding hydrogens is 404 g/mol. The molecule has 106 valence electrons. The van der Waals surface area contributed by atoms with Gasteiger partial charge in [-0.1, -0.05) is 0 Å². The van der Waals surface area contributed by atoms with Crippen LogP contribution in [0.1, 0.15) is 34.9 Å². The monoisotopic (exact) mass is 416 g/mol. The van der Waals surface area contributed by atoms with Crippen molar-refractivity contribution < 1.29 is 4.79 Å². The summed E-state index contributed by atoms with van der Waals surface area (Å²) in [7, 11) is 1.85. The molecule has 1 aliphatic rings. The van der Waals surface area contributed by atoms with Gasteiger partial charge in [0.15, 0.2) is 0 Å². The number of aromatic nitrogens is 1. The number of thiophene rings is 1. The number of carbonyl (C=O) groups is 1. The van der Waals surface area contributed by atoms with Crippen LogP contribution in [0.3, 0.4) is 0 Å². The molecular formula is C14H14Br2N2OS. The van der Waals surface area contributed by atoms with Gasteiger partial charge < -0.3 is 9.47 Å². The highest BCUT2D eigenvalue weighted by molar-refractivity contribution is 9.11. The second-order valence-corrected chi connectivity index (χ2v) is 8.31. The Bertz CT molecular complexity index is 645. The van der Waals surface area contributed by atoms with Crippen LogP contribution < -0.4 is 0 Å². The smallest absolute Gasteiger partial charge is 0.270 e. The number of hydrogen-bond donors (Lipinski definition) is 0. The van der Waals surface area contributed by atoms with Crippen molar-refractivity contribution in [2.45, 2.75) is 25.4 Å². The molecule has 0 aliphatic heterocycles. The van der Waals surface area contributed by atoms with Crippen molar-refractivity contribution in [1.82, 2.24) is 9.47 Å². The van der Waals surface area contributed by atoms with Gasteiger partial charge in [0.25, 0.3) is 5.91 Å². The van der Waals surface area contributed by atoms with Crippen molar-refractivity contribution >= 4 is 49.1 Å². The third-order valence-electron chi connectivity index (χ3n) is 3.36. The lowest BCUT2D eigenvalue weighted by molar-refractivity contribution is 0.0774. The predicted molar refractivity (Wildman–Crippen MR) is 88.2 cm³/mol. The van der Waals surface area contributed by atoms with E-state index in [4.69, 9.17) is 0 Å². The lowest BCUT2D eigenvalue weighted by atomic mass is 10.3. The lowest BCUT2D eigenvalue weighted by Crippen LogP contribution is -2.27. The van der Waals surface area contributed by atoms with Crippen LogP contribution in [0.4, 0.5) is 0 Å². The minimum Gasteiger partial charge on any atom is -0.339 e. The zero-order chi connectivity index (χ0) is 14.3. The maximum Gasteiger partial charge on any atom is 0.270 e. The molecule has 2 heterocycles. The van der Waals surface area contributed by atoms with Gasteiger partial charge in [0.05, 0.1) is 3.79 Å². The Labute approximate surface area is 138 Å². The van der Waals surface area contributed by atoms with E-state index >= 15 is 0 Å². The van der Waals surface area contributed by atoms with Gasteiger partial charge in [-0.25, -0.2) is 0 Å². The van der Waals surface area contributed by atoms with E-state index < -0.39 is 0 Å². The summed E-state index contributed by atoms with van der Waals surface area (Å²) >= 11 is 8.56. The molecule has 0 aromatic carbocycles. The zero-order valence-electron chi connectivity index (χ0n) is 11.0. The summed E-state index contributed by atoms with van der Waals surface area (Å²) in [6.07, 6.45) is 4.35. The first-order valence-electron chi connectivity index (χ1n) is 6.40. The Balaban J connectivity index is 1.77.